The van der Waals surface area contributed by atoms with Crippen LogP contribution in [0.5, 0.6) is 0 Å². The summed E-state index contributed by atoms with van der Waals surface area (Å²) in [4.78, 5) is 14.0. The van der Waals surface area contributed by atoms with E-state index in [0.29, 0.717) is 5.84 Å². The third-order valence-electron chi connectivity index (χ3n) is 1.27. The lowest BCUT2D eigenvalue weighted by Crippen LogP contribution is -2.29. The molecule has 3 N–H and O–H groups in total. The zero-order valence-electron chi connectivity index (χ0n) is 5.96. The average Bonchev–Trinajstić information content (AvgIpc) is 1.94. The van der Waals surface area contributed by atoms with E-state index >= 15 is 0 Å². The first-order valence-electron chi connectivity index (χ1n) is 3.06. The third-order valence-corrected chi connectivity index (χ3v) is 1.27. The van der Waals surface area contributed by atoms with E-state index in [2.05, 4.69) is 10.3 Å². The van der Waals surface area contributed by atoms with Crippen molar-refractivity contribution in [1.82, 2.24) is 5.32 Å². The minimum absolute atomic E-state index is 0.136. The van der Waals surface area contributed by atoms with Gasteiger partial charge in [0.2, 0.25) is 0 Å². The van der Waals surface area contributed by atoms with Gasteiger partial charge in [-0.25, -0.2) is 9.79 Å². The van der Waals surface area contributed by atoms with Crippen LogP contribution >= 0.6 is 0 Å². The maximum atomic E-state index is 10.4. The van der Waals surface area contributed by atoms with Gasteiger partial charge < -0.3 is 15.5 Å². The zero-order chi connectivity index (χ0) is 8.43. The number of hydrogen-bond donors (Lipinski definition) is 3. The van der Waals surface area contributed by atoms with Crippen molar-refractivity contribution in [3.05, 3.63) is 11.5 Å². The second-order valence-corrected chi connectivity index (χ2v) is 2.15. The molecule has 60 valence electrons. The SMILES string of the molecule is CC1=NC(C(=O)O)=C(O)CN1. The Morgan fingerprint density at radius 1 is 1.73 bits per heavy atom. The predicted octanol–water partition coefficient (Wildman–Crippen LogP) is -0.138. The molecule has 0 fully saturated rings. The van der Waals surface area contributed by atoms with Crippen molar-refractivity contribution in [1.29, 1.82) is 0 Å². The molecule has 0 unspecified atom stereocenters. The first-order valence-corrected chi connectivity index (χ1v) is 3.06. The second-order valence-electron chi connectivity index (χ2n) is 2.15. The first-order chi connectivity index (χ1) is 5.11. The molecule has 0 radical (unpaired) electrons. The fraction of sp³-hybridized carbons (Fsp3) is 0.333. The van der Waals surface area contributed by atoms with Crippen molar-refractivity contribution in [2.45, 2.75) is 6.92 Å². The second kappa shape index (κ2) is 2.61. The van der Waals surface area contributed by atoms with E-state index in [4.69, 9.17) is 10.2 Å². The van der Waals surface area contributed by atoms with Gasteiger partial charge in [-0.3, -0.25) is 0 Å². The van der Waals surface area contributed by atoms with Gasteiger partial charge in [-0.2, -0.15) is 0 Å². The number of nitrogens with zero attached hydrogens (tertiary/aromatic N) is 1. The molecule has 1 aliphatic heterocycles. The predicted molar refractivity (Wildman–Crippen MR) is 38.4 cm³/mol. The normalized spacial score (nSPS) is 17.4. The number of amidine groups is 1. The highest BCUT2D eigenvalue weighted by Crippen LogP contribution is 2.06. The molecule has 5 heteroatoms. The Labute approximate surface area is 63.1 Å². The summed E-state index contributed by atoms with van der Waals surface area (Å²) < 4.78 is 0. The van der Waals surface area contributed by atoms with Crippen molar-refractivity contribution < 1.29 is 15.0 Å². The molecular formula is C6H8N2O3. The Kier molecular flexibility index (Phi) is 1.80. The summed E-state index contributed by atoms with van der Waals surface area (Å²) >= 11 is 0. The molecule has 11 heavy (non-hydrogen) atoms. The van der Waals surface area contributed by atoms with E-state index in [1.807, 2.05) is 0 Å². The summed E-state index contributed by atoms with van der Waals surface area (Å²) in [5, 5.41) is 20.2. The van der Waals surface area contributed by atoms with Crippen molar-refractivity contribution in [3.63, 3.8) is 0 Å². The summed E-state index contributed by atoms with van der Waals surface area (Å²) in [6.45, 7) is 1.77. The van der Waals surface area contributed by atoms with Crippen molar-refractivity contribution in [2.75, 3.05) is 6.54 Å². The fourth-order valence-electron chi connectivity index (χ4n) is 0.738. The van der Waals surface area contributed by atoms with Gasteiger partial charge >= 0.3 is 5.97 Å². The van der Waals surface area contributed by atoms with Gasteiger partial charge in [0, 0.05) is 0 Å². The molecule has 0 aromatic carbocycles. The number of rotatable bonds is 1. The molecule has 0 saturated carbocycles. The van der Waals surface area contributed by atoms with Crippen molar-refractivity contribution in [2.24, 2.45) is 4.99 Å². The van der Waals surface area contributed by atoms with Crippen LogP contribution in [0, 0.1) is 0 Å². The molecule has 0 aromatic heterocycles. The van der Waals surface area contributed by atoms with Crippen LogP contribution in [-0.4, -0.2) is 28.6 Å². The quantitative estimate of drug-likeness (QED) is 0.493. The lowest BCUT2D eigenvalue weighted by atomic mass is 10.3. The highest BCUT2D eigenvalue weighted by atomic mass is 16.4. The molecule has 0 bridgehead atoms. The number of aliphatic carboxylic acids is 1. The highest BCUT2D eigenvalue weighted by Gasteiger charge is 2.16. The van der Waals surface area contributed by atoms with Crippen molar-refractivity contribution in [3.8, 4) is 0 Å². The lowest BCUT2D eigenvalue weighted by Gasteiger charge is -2.11. The summed E-state index contributed by atoms with van der Waals surface area (Å²) in [7, 11) is 0. The molecule has 0 saturated heterocycles. The van der Waals surface area contributed by atoms with Crippen LogP contribution in [0.1, 0.15) is 6.92 Å². The van der Waals surface area contributed by atoms with Gasteiger partial charge in [-0.05, 0) is 6.92 Å². The van der Waals surface area contributed by atoms with Crippen LogP contribution in [0.4, 0.5) is 0 Å². The fourth-order valence-corrected chi connectivity index (χ4v) is 0.738. The number of carbonyl (C=O) groups is 1. The first kappa shape index (κ1) is 7.59. The molecule has 0 spiro atoms. The van der Waals surface area contributed by atoms with Gasteiger partial charge in [0.25, 0.3) is 0 Å². The summed E-state index contributed by atoms with van der Waals surface area (Å²) in [6.07, 6.45) is 0. The number of aliphatic hydroxyl groups excluding tert-OH is 1. The third kappa shape index (κ3) is 1.49. The smallest absolute Gasteiger partial charge is 0.358 e. The average molecular weight is 156 g/mol. The molecule has 0 aliphatic carbocycles. The topological polar surface area (TPSA) is 81.9 Å². The van der Waals surface area contributed by atoms with Gasteiger partial charge in [0.15, 0.2) is 5.70 Å². The highest BCUT2D eigenvalue weighted by molar-refractivity contribution is 5.93. The van der Waals surface area contributed by atoms with Gasteiger partial charge in [-0.1, -0.05) is 0 Å². The van der Waals surface area contributed by atoms with E-state index in [9.17, 15) is 4.79 Å². The largest absolute Gasteiger partial charge is 0.508 e. The Bertz CT molecular complexity index is 255. The van der Waals surface area contributed by atoms with Crippen LogP contribution in [-0.2, 0) is 4.79 Å². The summed E-state index contributed by atoms with van der Waals surface area (Å²) in [5.74, 6) is -0.938. The number of aliphatic hydroxyl groups is 1. The van der Waals surface area contributed by atoms with Gasteiger partial charge in [-0.15, -0.1) is 0 Å². The molecule has 0 amide bonds. The number of carboxylic acids is 1. The number of aliphatic imine (C=N–C) groups is 1. The molecule has 1 aliphatic rings. The van der Waals surface area contributed by atoms with E-state index in [1.165, 1.54) is 0 Å². The van der Waals surface area contributed by atoms with E-state index in [1.54, 1.807) is 6.92 Å². The lowest BCUT2D eigenvalue weighted by molar-refractivity contribution is -0.132. The Balaban J connectivity index is 2.98. The van der Waals surface area contributed by atoms with Crippen LogP contribution in [0.25, 0.3) is 0 Å². The Morgan fingerprint density at radius 2 is 2.36 bits per heavy atom. The molecule has 1 rings (SSSR count). The zero-order valence-corrected chi connectivity index (χ0v) is 5.96. The van der Waals surface area contributed by atoms with E-state index in [0.717, 1.165) is 0 Å². The van der Waals surface area contributed by atoms with E-state index in [-0.39, 0.29) is 18.0 Å². The standard InChI is InChI=1S/C6H8N2O3/c1-3-7-2-4(9)5(8-3)6(10)11/h9H,2H2,1H3,(H,7,8)(H,10,11). The van der Waals surface area contributed by atoms with Crippen LogP contribution in [0.2, 0.25) is 0 Å². The Morgan fingerprint density at radius 3 is 2.82 bits per heavy atom. The monoisotopic (exact) mass is 156 g/mol. The minimum Gasteiger partial charge on any atom is -0.508 e. The van der Waals surface area contributed by atoms with E-state index < -0.39 is 5.97 Å². The number of carboxylic acid groups (broad SMARTS) is 1. The van der Waals surface area contributed by atoms with Gasteiger partial charge in [0.05, 0.1) is 12.4 Å². The molecule has 0 aromatic rings. The van der Waals surface area contributed by atoms with Crippen LogP contribution in [0.3, 0.4) is 0 Å². The van der Waals surface area contributed by atoms with Crippen LogP contribution < -0.4 is 5.32 Å². The summed E-state index contributed by atoms with van der Waals surface area (Å²) in [5.41, 5.74) is -0.277. The van der Waals surface area contributed by atoms with Crippen LogP contribution in [0.15, 0.2) is 16.4 Å². The number of hydrogen-bond acceptors (Lipinski definition) is 4. The molecular weight excluding hydrogens is 148 g/mol. The van der Waals surface area contributed by atoms with Gasteiger partial charge in [0.1, 0.15) is 5.76 Å². The van der Waals surface area contributed by atoms with Crippen molar-refractivity contribution >= 4 is 11.8 Å². The molecule has 1 heterocycles. The minimum atomic E-state index is -1.21. The molecule has 0 atom stereocenters. The summed E-state index contributed by atoms with van der Waals surface area (Å²) in [6, 6.07) is 0. The molecule has 5 nitrogen and oxygen atoms in total. The maximum Gasteiger partial charge on any atom is 0.358 e. The maximum absolute atomic E-state index is 10.4. The Hall–Kier alpha value is -1.52. The number of nitrogens with one attached hydrogen (secondary N) is 1.